The van der Waals surface area contributed by atoms with Crippen molar-refractivity contribution in [2.45, 2.75) is 0 Å². The van der Waals surface area contributed by atoms with Crippen LogP contribution in [0.15, 0.2) is 205 Å². The van der Waals surface area contributed by atoms with Crippen LogP contribution in [0.4, 0.5) is 0 Å². The average molecular weight is 807 g/mol. The van der Waals surface area contributed by atoms with E-state index in [0.29, 0.717) is 17.6 Å². The Morgan fingerprint density at radius 2 is 1.02 bits per heavy atom. The number of aromatic amines is 1. The molecule has 0 atom stereocenters. The molecule has 0 aliphatic heterocycles. The van der Waals surface area contributed by atoms with Crippen molar-refractivity contribution < 1.29 is 4.42 Å². The van der Waals surface area contributed by atoms with E-state index in [1.165, 1.54) is 10.8 Å². The Morgan fingerprint density at radius 1 is 0.365 bits per heavy atom. The summed E-state index contributed by atoms with van der Waals surface area (Å²) in [7, 11) is 0. The third-order valence-electron chi connectivity index (χ3n) is 12.2. The van der Waals surface area contributed by atoms with Gasteiger partial charge in [0.2, 0.25) is 5.95 Å². The number of nitrogens with one attached hydrogen (secondary N) is 1. The topological polar surface area (TPSA) is 85.4 Å². The first kappa shape index (κ1) is 35.1. The molecule has 0 aliphatic rings. The minimum absolute atomic E-state index is 0.553. The summed E-state index contributed by atoms with van der Waals surface area (Å²) in [5.41, 5.74) is 14.1. The smallest absolute Gasteiger partial charge is 0.238 e. The summed E-state index contributed by atoms with van der Waals surface area (Å²) in [6.45, 7) is 0. The van der Waals surface area contributed by atoms with Crippen LogP contribution in [0.25, 0.3) is 128 Å². The molecule has 0 amide bonds. The number of H-pyrrole nitrogens is 1. The number of furan rings is 1. The van der Waals surface area contributed by atoms with Gasteiger partial charge in [0.05, 0.1) is 16.7 Å². The summed E-state index contributed by atoms with van der Waals surface area (Å²) in [5.74, 6) is 1.78. The van der Waals surface area contributed by atoms with Gasteiger partial charge in [-0.1, -0.05) is 121 Å². The molecular weight excluding hydrogens is 773 g/mol. The molecule has 0 aliphatic carbocycles. The van der Waals surface area contributed by atoms with Gasteiger partial charge in [0.25, 0.3) is 0 Å². The summed E-state index contributed by atoms with van der Waals surface area (Å²) in [4.78, 5) is 23.6. The van der Waals surface area contributed by atoms with Crippen LogP contribution in [0.5, 0.6) is 0 Å². The van der Waals surface area contributed by atoms with E-state index in [-0.39, 0.29) is 0 Å². The van der Waals surface area contributed by atoms with Gasteiger partial charge in [-0.15, -0.1) is 0 Å². The van der Waals surface area contributed by atoms with Crippen molar-refractivity contribution in [1.29, 1.82) is 0 Å². The van der Waals surface area contributed by atoms with E-state index < -0.39 is 0 Å². The number of pyridine rings is 1. The molecule has 0 fully saturated rings. The van der Waals surface area contributed by atoms with Crippen molar-refractivity contribution in [3.05, 3.63) is 200 Å². The van der Waals surface area contributed by atoms with E-state index in [0.717, 1.165) is 99.4 Å². The third kappa shape index (κ3) is 5.82. The van der Waals surface area contributed by atoms with Crippen LogP contribution in [-0.2, 0) is 0 Å². The maximum Gasteiger partial charge on any atom is 0.238 e. The predicted molar refractivity (Wildman–Crippen MR) is 256 cm³/mol. The Balaban J connectivity index is 0.978. The highest BCUT2D eigenvalue weighted by Crippen LogP contribution is 2.40. The monoisotopic (exact) mass is 806 g/mol. The van der Waals surface area contributed by atoms with Gasteiger partial charge < -0.3 is 9.40 Å². The van der Waals surface area contributed by atoms with Crippen LogP contribution in [0, 0.1) is 0 Å². The first-order valence-electron chi connectivity index (χ1n) is 21.0. The van der Waals surface area contributed by atoms with Gasteiger partial charge >= 0.3 is 0 Å². The van der Waals surface area contributed by atoms with Gasteiger partial charge in [0.15, 0.2) is 11.6 Å². The maximum atomic E-state index is 6.55. The summed E-state index contributed by atoms with van der Waals surface area (Å²) in [6, 6.07) is 67.5. The number of hydrogen-bond donors (Lipinski definition) is 1. The zero-order valence-electron chi connectivity index (χ0n) is 33.7. The summed E-state index contributed by atoms with van der Waals surface area (Å²) in [6.07, 6.45) is 1.83. The SMILES string of the molecule is c1ccc(-c2nc(-c3ccccc3)nc(-n3c4ccc(-c5ccc6c(c5)oc5ccc(-c7cccc(-c8ccccn8)c7)cc56)cc4c4cc5c(cc43)[nH]c3ccccc35)n2)cc1. The molecule has 5 heterocycles. The molecule has 8 aromatic carbocycles. The van der Waals surface area contributed by atoms with Crippen molar-refractivity contribution in [3.8, 4) is 62.2 Å². The number of para-hydroxylation sites is 1. The largest absolute Gasteiger partial charge is 0.456 e. The van der Waals surface area contributed by atoms with Gasteiger partial charge in [0.1, 0.15) is 11.2 Å². The summed E-state index contributed by atoms with van der Waals surface area (Å²) in [5, 5.41) is 6.72. The van der Waals surface area contributed by atoms with Crippen LogP contribution in [0.1, 0.15) is 0 Å². The fourth-order valence-corrected chi connectivity index (χ4v) is 9.18. The Labute approximate surface area is 360 Å². The van der Waals surface area contributed by atoms with E-state index in [9.17, 15) is 0 Å². The van der Waals surface area contributed by atoms with Crippen LogP contribution in [0.3, 0.4) is 0 Å². The van der Waals surface area contributed by atoms with Crippen LogP contribution >= 0.6 is 0 Å². The molecule has 0 bridgehead atoms. The first-order chi connectivity index (χ1) is 31.2. The second kappa shape index (κ2) is 13.9. The molecule has 0 unspecified atom stereocenters. The van der Waals surface area contributed by atoms with E-state index in [4.69, 9.17) is 19.4 Å². The number of nitrogens with zero attached hydrogens (tertiary/aromatic N) is 5. The molecule has 0 saturated heterocycles. The van der Waals surface area contributed by atoms with Crippen LogP contribution < -0.4 is 0 Å². The molecular formula is C56H34N6O. The maximum absolute atomic E-state index is 6.55. The number of hydrogen-bond acceptors (Lipinski definition) is 5. The first-order valence-corrected chi connectivity index (χ1v) is 21.0. The number of fused-ring (bicyclic) bond motifs is 9. The number of rotatable bonds is 6. The van der Waals surface area contributed by atoms with Gasteiger partial charge in [0, 0.05) is 66.2 Å². The Hall–Kier alpha value is -8.68. The molecule has 7 heteroatoms. The normalized spacial score (nSPS) is 11.8. The highest BCUT2D eigenvalue weighted by Gasteiger charge is 2.21. The molecule has 7 nitrogen and oxygen atoms in total. The van der Waals surface area contributed by atoms with Gasteiger partial charge in [-0.2, -0.15) is 9.97 Å². The molecule has 1 N–H and O–H groups in total. The molecule has 5 aromatic heterocycles. The Morgan fingerprint density at radius 3 is 1.81 bits per heavy atom. The molecule has 0 saturated carbocycles. The van der Waals surface area contributed by atoms with Crippen LogP contribution in [-0.4, -0.2) is 29.5 Å². The molecule has 13 rings (SSSR count). The second-order valence-corrected chi connectivity index (χ2v) is 16.0. The van der Waals surface area contributed by atoms with Crippen LogP contribution in [0.2, 0.25) is 0 Å². The molecule has 0 radical (unpaired) electrons. The second-order valence-electron chi connectivity index (χ2n) is 16.0. The number of aromatic nitrogens is 6. The highest BCUT2D eigenvalue weighted by atomic mass is 16.3. The Kier molecular flexibility index (Phi) is 7.77. The quantitative estimate of drug-likeness (QED) is 0.181. The lowest BCUT2D eigenvalue weighted by Crippen LogP contribution is -2.06. The minimum atomic E-state index is 0.553. The molecule has 294 valence electrons. The molecule has 63 heavy (non-hydrogen) atoms. The van der Waals surface area contributed by atoms with E-state index in [1.54, 1.807) is 0 Å². The van der Waals surface area contributed by atoms with Gasteiger partial charge in [-0.05, 0) is 95.1 Å². The average Bonchev–Trinajstić information content (AvgIpc) is 4.02. The van der Waals surface area contributed by atoms with Gasteiger partial charge in [-0.3, -0.25) is 9.55 Å². The fraction of sp³-hybridized carbons (Fsp3) is 0. The van der Waals surface area contributed by atoms with Crippen molar-refractivity contribution >= 4 is 65.6 Å². The van der Waals surface area contributed by atoms with E-state index >= 15 is 0 Å². The zero-order chi connectivity index (χ0) is 41.4. The lowest BCUT2D eigenvalue weighted by molar-refractivity contribution is 0.669. The lowest BCUT2D eigenvalue weighted by atomic mass is 9.98. The lowest BCUT2D eigenvalue weighted by Gasteiger charge is -2.11. The van der Waals surface area contributed by atoms with Gasteiger partial charge in [-0.25, -0.2) is 4.98 Å². The minimum Gasteiger partial charge on any atom is -0.456 e. The van der Waals surface area contributed by atoms with Crippen molar-refractivity contribution in [2.24, 2.45) is 0 Å². The predicted octanol–water partition coefficient (Wildman–Crippen LogP) is 14.2. The van der Waals surface area contributed by atoms with E-state index in [1.807, 2.05) is 85.1 Å². The van der Waals surface area contributed by atoms with Crippen molar-refractivity contribution in [1.82, 2.24) is 29.5 Å². The summed E-state index contributed by atoms with van der Waals surface area (Å²) < 4.78 is 8.74. The fourth-order valence-electron chi connectivity index (χ4n) is 9.18. The Bertz CT molecular complexity index is 3850. The number of benzene rings is 8. The standard InChI is InChI=1S/C56H34N6O/c1-3-12-34(13-4-1)54-59-55(35-14-5-2-6-15-35)61-56(60-54)62-50-25-22-37(29-44(50)45-32-43-41-18-7-8-20-48(41)58-49(43)33-51(45)62)39-21-24-42-46-30-38(23-26-52(46)63-53(42)31-39)36-16-11-17-40(28-36)47-19-9-10-27-57-47/h1-33,58H. The van der Waals surface area contributed by atoms with Crippen molar-refractivity contribution in [3.63, 3.8) is 0 Å². The summed E-state index contributed by atoms with van der Waals surface area (Å²) >= 11 is 0. The molecule has 0 spiro atoms. The third-order valence-corrected chi connectivity index (χ3v) is 12.2. The molecule has 13 aromatic rings. The highest BCUT2D eigenvalue weighted by molar-refractivity contribution is 6.19. The zero-order valence-corrected chi connectivity index (χ0v) is 33.7. The van der Waals surface area contributed by atoms with Crippen molar-refractivity contribution in [2.75, 3.05) is 0 Å². The van der Waals surface area contributed by atoms with E-state index in [2.05, 4.69) is 130 Å².